The Bertz CT molecular complexity index is 1120. The molecule has 1 N–H and O–H groups in total. The average Bonchev–Trinajstić information content (AvgIpc) is 2.62. The maximum Gasteiger partial charge on any atom is 0.340 e. The summed E-state index contributed by atoms with van der Waals surface area (Å²) in [5.74, 6) is -2.92. The lowest BCUT2D eigenvalue weighted by molar-refractivity contribution is -0.138. The van der Waals surface area contributed by atoms with Crippen molar-refractivity contribution in [3.63, 3.8) is 0 Å². The first-order valence-corrected chi connectivity index (χ1v) is 8.72. The molecule has 1 atom stereocenters. The van der Waals surface area contributed by atoms with E-state index in [0.717, 1.165) is 0 Å². The molecule has 27 heavy (non-hydrogen) atoms. The molecule has 3 aromatic rings. The van der Waals surface area contributed by atoms with E-state index in [2.05, 4.69) is 4.98 Å². The van der Waals surface area contributed by atoms with Crippen molar-refractivity contribution >= 4 is 45.6 Å². The Kier molecular flexibility index (Phi) is 5.14. The predicted octanol–water partition coefficient (Wildman–Crippen LogP) is 3.75. The highest BCUT2D eigenvalue weighted by Crippen LogP contribution is 2.27. The highest BCUT2D eigenvalue weighted by atomic mass is 35.5. The van der Waals surface area contributed by atoms with Crippen LogP contribution in [-0.2, 0) is 9.53 Å². The Hall–Kier alpha value is -2.93. The number of carboxylic acid groups (broad SMARTS) is 1. The zero-order chi connectivity index (χ0) is 19.7. The quantitative estimate of drug-likeness (QED) is 0.523. The normalized spacial score (nSPS) is 12.3. The van der Waals surface area contributed by atoms with Gasteiger partial charge in [0.1, 0.15) is 5.58 Å². The van der Waals surface area contributed by atoms with Gasteiger partial charge in [0.15, 0.2) is 0 Å². The number of nitrogens with zero attached hydrogens (tertiary/aromatic N) is 1. The first kappa shape index (κ1) is 18.8. The van der Waals surface area contributed by atoms with Gasteiger partial charge in [-0.1, -0.05) is 18.5 Å². The maximum atomic E-state index is 12.8. The molecule has 0 aliphatic heterocycles. The first-order chi connectivity index (χ1) is 12.9. The van der Waals surface area contributed by atoms with Crippen molar-refractivity contribution in [3.8, 4) is 0 Å². The van der Waals surface area contributed by atoms with E-state index in [1.807, 2.05) is 0 Å². The minimum atomic E-state index is -1.13. The molecule has 140 valence electrons. The van der Waals surface area contributed by atoms with Crippen LogP contribution in [0.4, 0.5) is 0 Å². The van der Waals surface area contributed by atoms with Gasteiger partial charge in [0.05, 0.1) is 34.6 Å². The van der Waals surface area contributed by atoms with Gasteiger partial charge in [0.25, 0.3) is 0 Å². The second-order valence-electron chi connectivity index (χ2n) is 5.87. The van der Waals surface area contributed by atoms with Crippen LogP contribution in [0.2, 0.25) is 5.02 Å². The lowest BCUT2D eigenvalue weighted by Crippen LogP contribution is -2.19. The van der Waals surface area contributed by atoms with Crippen LogP contribution in [0.1, 0.15) is 42.2 Å². The third-order valence-electron chi connectivity index (χ3n) is 4.19. The Morgan fingerprint density at radius 3 is 2.63 bits per heavy atom. The molecule has 0 aliphatic carbocycles. The zero-order valence-electron chi connectivity index (χ0n) is 14.6. The lowest BCUT2D eigenvalue weighted by atomic mass is 9.96. The highest BCUT2D eigenvalue weighted by Gasteiger charge is 2.28. The van der Waals surface area contributed by atoms with E-state index in [9.17, 15) is 19.5 Å². The fourth-order valence-corrected chi connectivity index (χ4v) is 3.06. The topological polar surface area (TPSA) is 107 Å². The minimum Gasteiger partial charge on any atom is -0.481 e. The summed E-state index contributed by atoms with van der Waals surface area (Å²) in [7, 11) is 0. The van der Waals surface area contributed by atoms with Gasteiger partial charge in [0, 0.05) is 5.02 Å². The molecule has 0 amide bonds. The molecule has 0 spiro atoms. The minimum absolute atomic E-state index is 0.00686. The second kappa shape index (κ2) is 7.36. The number of hydrogen-bond acceptors (Lipinski definition) is 6. The second-order valence-corrected chi connectivity index (χ2v) is 6.30. The van der Waals surface area contributed by atoms with Gasteiger partial charge in [-0.15, -0.1) is 0 Å². The van der Waals surface area contributed by atoms with E-state index >= 15 is 0 Å². The molecule has 0 aliphatic rings. The zero-order valence-corrected chi connectivity index (χ0v) is 15.4. The van der Waals surface area contributed by atoms with E-state index in [0.29, 0.717) is 5.02 Å². The molecule has 2 aromatic heterocycles. The Morgan fingerprint density at radius 1 is 1.26 bits per heavy atom. The highest BCUT2D eigenvalue weighted by molar-refractivity contribution is 6.31. The van der Waals surface area contributed by atoms with Gasteiger partial charge in [-0.25, -0.2) is 9.78 Å². The smallest absolute Gasteiger partial charge is 0.340 e. The van der Waals surface area contributed by atoms with Crippen LogP contribution in [0.5, 0.6) is 0 Å². The number of carbonyl (C=O) groups is 2. The van der Waals surface area contributed by atoms with Crippen LogP contribution in [0, 0.1) is 0 Å². The summed E-state index contributed by atoms with van der Waals surface area (Å²) in [6.07, 6.45) is 0.202. The number of benzene rings is 1. The molecule has 7 nitrogen and oxygen atoms in total. The number of carbonyl (C=O) groups excluding carboxylic acids is 1. The summed E-state index contributed by atoms with van der Waals surface area (Å²) in [6, 6.07) is 5.85. The van der Waals surface area contributed by atoms with Gasteiger partial charge < -0.3 is 14.3 Å². The maximum absolute atomic E-state index is 12.8. The van der Waals surface area contributed by atoms with Crippen molar-refractivity contribution in [1.29, 1.82) is 0 Å². The Labute approximate surface area is 158 Å². The molecular weight excluding hydrogens is 374 g/mol. The number of rotatable bonds is 5. The summed E-state index contributed by atoms with van der Waals surface area (Å²) in [4.78, 5) is 41.0. The van der Waals surface area contributed by atoms with Gasteiger partial charge in [-0.2, -0.15) is 0 Å². The molecule has 0 saturated carbocycles. The summed E-state index contributed by atoms with van der Waals surface area (Å²) in [5, 5.41) is 10.1. The van der Waals surface area contributed by atoms with Crippen LogP contribution >= 0.6 is 11.6 Å². The SMILES string of the molecule is CCOC(=O)c1cc2c(=O)c3cc(Cl)ccc3oc2nc1C(CC)C(=O)O. The van der Waals surface area contributed by atoms with Gasteiger partial charge >= 0.3 is 11.9 Å². The third-order valence-corrected chi connectivity index (χ3v) is 4.42. The number of pyridine rings is 1. The van der Waals surface area contributed by atoms with E-state index in [1.54, 1.807) is 19.9 Å². The van der Waals surface area contributed by atoms with E-state index in [-0.39, 0.29) is 46.4 Å². The third kappa shape index (κ3) is 3.38. The lowest BCUT2D eigenvalue weighted by Gasteiger charge is -2.14. The van der Waals surface area contributed by atoms with Crippen molar-refractivity contribution in [1.82, 2.24) is 4.98 Å². The number of fused-ring (bicyclic) bond motifs is 2. The number of ether oxygens (including phenoxy) is 1. The number of aliphatic carboxylic acids is 1. The molecule has 2 heterocycles. The summed E-state index contributed by atoms with van der Waals surface area (Å²) < 4.78 is 10.7. The van der Waals surface area contributed by atoms with Crippen molar-refractivity contribution in [2.75, 3.05) is 6.61 Å². The van der Waals surface area contributed by atoms with Crippen molar-refractivity contribution in [3.05, 3.63) is 50.8 Å². The molecule has 8 heteroatoms. The van der Waals surface area contributed by atoms with Crippen molar-refractivity contribution < 1.29 is 23.8 Å². The van der Waals surface area contributed by atoms with Crippen LogP contribution < -0.4 is 5.43 Å². The van der Waals surface area contributed by atoms with E-state index < -0.39 is 23.3 Å². The van der Waals surface area contributed by atoms with Crippen LogP contribution in [0.15, 0.2) is 33.5 Å². The Morgan fingerprint density at radius 2 is 2.00 bits per heavy atom. The molecule has 0 bridgehead atoms. The van der Waals surface area contributed by atoms with E-state index in [1.165, 1.54) is 18.2 Å². The number of halogens is 1. The molecule has 1 aromatic carbocycles. The van der Waals surface area contributed by atoms with Crippen LogP contribution in [-0.4, -0.2) is 28.6 Å². The Balaban J connectivity index is 2.39. The molecular formula is C19H16ClNO6. The number of carboxylic acids is 1. The van der Waals surface area contributed by atoms with Crippen LogP contribution in [0.25, 0.3) is 22.1 Å². The van der Waals surface area contributed by atoms with Crippen LogP contribution in [0.3, 0.4) is 0 Å². The standard InChI is InChI=1S/C19H16ClNO6/c1-3-10(18(23)24)15-12(19(25)26-4-2)8-13-16(22)11-7-9(20)5-6-14(11)27-17(13)21-15/h5-8,10H,3-4H2,1-2H3,(H,23,24). The molecule has 0 saturated heterocycles. The van der Waals surface area contributed by atoms with Gasteiger partial charge in [0.2, 0.25) is 11.1 Å². The van der Waals surface area contributed by atoms with E-state index in [4.69, 9.17) is 20.8 Å². The largest absolute Gasteiger partial charge is 0.481 e. The van der Waals surface area contributed by atoms with Crippen molar-refractivity contribution in [2.45, 2.75) is 26.2 Å². The van der Waals surface area contributed by atoms with Gasteiger partial charge in [-0.05, 0) is 37.6 Å². The fraction of sp³-hybridized carbons (Fsp3) is 0.263. The summed E-state index contributed by atoms with van der Waals surface area (Å²) in [6.45, 7) is 3.39. The number of aromatic nitrogens is 1. The molecule has 0 fully saturated rings. The molecule has 3 rings (SSSR count). The predicted molar refractivity (Wildman–Crippen MR) is 99.4 cm³/mol. The summed E-state index contributed by atoms with van der Waals surface area (Å²) >= 11 is 5.95. The van der Waals surface area contributed by atoms with Gasteiger partial charge in [-0.3, -0.25) is 9.59 Å². The average molecular weight is 390 g/mol. The molecule has 1 unspecified atom stereocenters. The number of hydrogen-bond donors (Lipinski definition) is 1. The summed E-state index contributed by atoms with van der Waals surface area (Å²) in [5.41, 5.74) is -0.249. The fourth-order valence-electron chi connectivity index (χ4n) is 2.89. The number of esters is 1. The first-order valence-electron chi connectivity index (χ1n) is 8.34. The monoisotopic (exact) mass is 389 g/mol. The van der Waals surface area contributed by atoms with Crippen molar-refractivity contribution in [2.24, 2.45) is 0 Å². The molecule has 0 radical (unpaired) electrons.